The molecular formula is C20H24FN3O6S2. The summed E-state index contributed by atoms with van der Waals surface area (Å²) in [4.78, 5) is 24.7. The Balaban J connectivity index is 2.08. The monoisotopic (exact) mass is 485 g/mol. The topological polar surface area (TPSA) is 130 Å². The molecule has 0 aromatic heterocycles. The van der Waals surface area contributed by atoms with E-state index in [9.17, 15) is 30.8 Å². The molecule has 2 N–H and O–H groups in total. The third-order valence-corrected chi connectivity index (χ3v) is 8.37. The highest BCUT2D eigenvalue weighted by molar-refractivity contribution is 7.93. The number of anilines is 2. The molecule has 174 valence electrons. The predicted octanol–water partition coefficient (Wildman–Crippen LogP) is 1.85. The highest BCUT2D eigenvalue weighted by atomic mass is 32.2. The van der Waals surface area contributed by atoms with Gasteiger partial charge >= 0.3 is 0 Å². The van der Waals surface area contributed by atoms with E-state index in [1.807, 2.05) is 0 Å². The molecule has 0 bridgehead atoms. The molecule has 2 aromatic carbocycles. The van der Waals surface area contributed by atoms with Crippen LogP contribution in [0.1, 0.15) is 13.3 Å². The van der Waals surface area contributed by atoms with Crippen LogP contribution in [-0.2, 0) is 29.4 Å². The Morgan fingerprint density at radius 3 is 1.91 bits per heavy atom. The van der Waals surface area contributed by atoms with Crippen molar-refractivity contribution in [1.29, 1.82) is 0 Å². The highest BCUT2D eigenvalue weighted by Crippen LogP contribution is 2.18. The van der Waals surface area contributed by atoms with Crippen molar-refractivity contribution in [3.8, 4) is 0 Å². The lowest BCUT2D eigenvalue weighted by Gasteiger charge is -2.16. The fourth-order valence-corrected chi connectivity index (χ4v) is 5.19. The number of nitrogens with zero attached hydrogens (tertiary/aromatic N) is 1. The van der Waals surface area contributed by atoms with Crippen LogP contribution in [0.2, 0.25) is 0 Å². The molecule has 1 atom stereocenters. The number of hydrogen-bond acceptors (Lipinski definition) is 6. The Hall–Kier alpha value is -2.83. The molecule has 9 nitrogen and oxygen atoms in total. The number of carbonyl (C=O) groups excluding carboxylic acids is 2. The first-order valence-corrected chi connectivity index (χ1v) is 12.6. The van der Waals surface area contributed by atoms with Crippen molar-refractivity contribution in [1.82, 2.24) is 4.31 Å². The van der Waals surface area contributed by atoms with Crippen LogP contribution in [0.4, 0.5) is 15.8 Å². The van der Waals surface area contributed by atoms with Crippen LogP contribution in [0.3, 0.4) is 0 Å². The first-order valence-electron chi connectivity index (χ1n) is 9.47. The number of halogens is 1. The Bertz CT molecular complexity index is 1180. The van der Waals surface area contributed by atoms with E-state index in [0.29, 0.717) is 0 Å². The van der Waals surface area contributed by atoms with Gasteiger partial charge in [-0.2, -0.15) is 0 Å². The van der Waals surface area contributed by atoms with Crippen molar-refractivity contribution >= 4 is 43.0 Å². The van der Waals surface area contributed by atoms with Crippen molar-refractivity contribution < 1.29 is 30.8 Å². The SMILES string of the molecule is CCC(C(=O)Nc1ccc(S(=O)(=O)N(C)C)cc1)S(=O)(=O)CC(=O)Nc1ccc(F)cc1. The summed E-state index contributed by atoms with van der Waals surface area (Å²) in [6, 6.07) is 10.0. The third kappa shape index (κ3) is 6.34. The molecule has 0 heterocycles. The Morgan fingerprint density at radius 1 is 0.906 bits per heavy atom. The van der Waals surface area contributed by atoms with Gasteiger partial charge in [-0.15, -0.1) is 0 Å². The summed E-state index contributed by atoms with van der Waals surface area (Å²) in [5.74, 6) is -3.15. The molecule has 2 rings (SSSR count). The third-order valence-electron chi connectivity index (χ3n) is 4.46. The maximum absolute atomic E-state index is 12.9. The standard InChI is InChI=1S/C20H24FN3O6S2/c1-4-18(31(27,28)13-19(25)22-15-7-5-14(21)6-8-15)20(26)23-16-9-11-17(12-10-16)32(29,30)24(2)3/h5-12,18H,4,13H2,1-3H3,(H,22,25)(H,23,26). The van der Waals surface area contributed by atoms with Crippen LogP contribution in [0.25, 0.3) is 0 Å². The van der Waals surface area contributed by atoms with E-state index >= 15 is 0 Å². The summed E-state index contributed by atoms with van der Waals surface area (Å²) < 4.78 is 63.5. The molecule has 0 aliphatic heterocycles. The van der Waals surface area contributed by atoms with Gasteiger partial charge in [0.05, 0.1) is 4.90 Å². The molecule has 1 unspecified atom stereocenters. The highest BCUT2D eigenvalue weighted by Gasteiger charge is 2.33. The van der Waals surface area contributed by atoms with Gasteiger partial charge in [0.15, 0.2) is 9.84 Å². The maximum Gasteiger partial charge on any atom is 0.242 e. The fraction of sp³-hybridized carbons (Fsp3) is 0.300. The molecule has 0 radical (unpaired) electrons. The first-order chi connectivity index (χ1) is 14.9. The smallest absolute Gasteiger partial charge is 0.242 e. The number of sulfone groups is 1. The zero-order valence-electron chi connectivity index (χ0n) is 17.7. The second-order valence-electron chi connectivity index (χ2n) is 7.06. The van der Waals surface area contributed by atoms with Crippen LogP contribution in [0.5, 0.6) is 0 Å². The fourth-order valence-electron chi connectivity index (χ4n) is 2.76. The van der Waals surface area contributed by atoms with Gasteiger partial charge in [-0.05, 0) is 55.0 Å². The van der Waals surface area contributed by atoms with Crippen LogP contribution < -0.4 is 10.6 Å². The predicted molar refractivity (Wildman–Crippen MR) is 119 cm³/mol. The molecule has 0 saturated carbocycles. The molecule has 0 fully saturated rings. The number of amides is 2. The first kappa shape index (κ1) is 25.4. The van der Waals surface area contributed by atoms with E-state index < -0.39 is 48.5 Å². The van der Waals surface area contributed by atoms with Crippen molar-refractivity contribution in [2.24, 2.45) is 0 Å². The minimum Gasteiger partial charge on any atom is -0.325 e. The van der Waals surface area contributed by atoms with E-state index in [1.165, 1.54) is 57.4 Å². The maximum atomic E-state index is 12.9. The van der Waals surface area contributed by atoms with Crippen LogP contribution in [0, 0.1) is 5.82 Å². The average molecular weight is 486 g/mol. The summed E-state index contributed by atoms with van der Waals surface area (Å²) in [6.45, 7) is 1.49. The summed E-state index contributed by atoms with van der Waals surface area (Å²) in [7, 11) is -5.05. The number of hydrogen-bond donors (Lipinski definition) is 2. The van der Waals surface area contributed by atoms with Crippen LogP contribution in [0.15, 0.2) is 53.4 Å². The number of rotatable bonds is 9. The molecule has 2 amide bonds. The van der Waals surface area contributed by atoms with Gasteiger partial charge in [-0.3, -0.25) is 9.59 Å². The van der Waals surface area contributed by atoms with E-state index in [1.54, 1.807) is 0 Å². The van der Waals surface area contributed by atoms with Gasteiger partial charge in [-0.25, -0.2) is 25.5 Å². The van der Waals surface area contributed by atoms with Gasteiger partial charge < -0.3 is 10.6 Å². The molecule has 0 aliphatic rings. The average Bonchev–Trinajstić information content (AvgIpc) is 2.69. The zero-order valence-corrected chi connectivity index (χ0v) is 19.3. The van der Waals surface area contributed by atoms with Gasteiger partial charge in [0.25, 0.3) is 0 Å². The van der Waals surface area contributed by atoms with Crippen molar-refractivity contribution in [3.63, 3.8) is 0 Å². The van der Waals surface area contributed by atoms with Gasteiger partial charge in [-0.1, -0.05) is 6.92 Å². The van der Waals surface area contributed by atoms with Crippen molar-refractivity contribution in [2.75, 3.05) is 30.5 Å². The van der Waals surface area contributed by atoms with Crippen LogP contribution >= 0.6 is 0 Å². The van der Waals surface area contributed by atoms with E-state index in [2.05, 4.69) is 10.6 Å². The van der Waals surface area contributed by atoms with Gasteiger partial charge in [0.1, 0.15) is 16.8 Å². The minimum absolute atomic E-state index is 0.0117. The lowest BCUT2D eigenvalue weighted by Crippen LogP contribution is -2.39. The molecule has 0 spiro atoms. The van der Waals surface area contributed by atoms with Gasteiger partial charge in [0, 0.05) is 25.5 Å². The summed E-state index contributed by atoms with van der Waals surface area (Å²) in [6.07, 6.45) is -0.0783. The molecule has 0 saturated heterocycles. The van der Waals surface area contributed by atoms with E-state index in [-0.39, 0.29) is 22.7 Å². The second-order valence-corrected chi connectivity index (χ2v) is 11.4. The second kappa shape index (κ2) is 10.2. The molecule has 2 aromatic rings. The minimum atomic E-state index is -4.16. The quantitative estimate of drug-likeness (QED) is 0.558. The normalized spacial score (nSPS) is 12.9. The van der Waals surface area contributed by atoms with Crippen molar-refractivity contribution in [2.45, 2.75) is 23.5 Å². The Kier molecular flexibility index (Phi) is 8.10. The van der Waals surface area contributed by atoms with Crippen molar-refractivity contribution in [3.05, 3.63) is 54.3 Å². The summed E-state index contributed by atoms with van der Waals surface area (Å²) in [5.41, 5.74) is 0.425. The molecular weight excluding hydrogens is 461 g/mol. The molecule has 32 heavy (non-hydrogen) atoms. The Morgan fingerprint density at radius 2 is 1.41 bits per heavy atom. The largest absolute Gasteiger partial charge is 0.325 e. The summed E-state index contributed by atoms with van der Waals surface area (Å²) >= 11 is 0. The van der Waals surface area contributed by atoms with E-state index in [0.717, 1.165) is 16.4 Å². The van der Waals surface area contributed by atoms with E-state index in [4.69, 9.17) is 0 Å². The number of carbonyl (C=O) groups is 2. The lowest BCUT2D eigenvalue weighted by molar-refractivity contribution is -0.115. The summed E-state index contributed by atoms with van der Waals surface area (Å²) in [5, 5.41) is 3.29. The zero-order chi connectivity index (χ0) is 24.1. The number of benzene rings is 2. The number of nitrogens with one attached hydrogen (secondary N) is 2. The lowest BCUT2D eigenvalue weighted by atomic mass is 10.3. The van der Waals surface area contributed by atoms with Crippen LogP contribution in [-0.4, -0.2) is 58.1 Å². The Labute approximate surface area is 186 Å². The van der Waals surface area contributed by atoms with Gasteiger partial charge in [0.2, 0.25) is 21.8 Å². The molecule has 12 heteroatoms. The molecule has 0 aliphatic carbocycles. The number of sulfonamides is 1.